The van der Waals surface area contributed by atoms with Gasteiger partial charge < -0.3 is 14.5 Å². The van der Waals surface area contributed by atoms with Crippen LogP contribution >= 0.6 is 0 Å². The average Bonchev–Trinajstić information content (AvgIpc) is 3.20. The Labute approximate surface area is 148 Å². The summed E-state index contributed by atoms with van der Waals surface area (Å²) in [5, 5.41) is 18.5. The van der Waals surface area contributed by atoms with Crippen molar-refractivity contribution in [3.8, 4) is 5.88 Å². The summed E-state index contributed by atoms with van der Waals surface area (Å²) < 4.78 is 5.53. The first-order chi connectivity index (χ1) is 12.6. The number of aromatic hydroxyl groups is 1. The van der Waals surface area contributed by atoms with Crippen LogP contribution in [0.3, 0.4) is 0 Å². The molecule has 0 aliphatic heterocycles. The third-order valence-corrected chi connectivity index (χ3v) is 4.22. The van der Waals surface area contributed by atoms with Crippen LogP contribution in [0.5, 0.6) is 5.88 Å². The van der Waals surface area contributed by atoms with Gasteiger partial charge in [-0.2, -0.15) is 0 Å². The van der Waals surface area contributed by atoms with Gasteiger partial charge in [-0.05, 0) is 30.7 Å². The van der Waals surface area contributed by atoms with Crippen LogP contribution in [0.15, 0.2) is 51.0 Å². The molecular formula is C19H16N4O3. The van der Waals surface area contributed by atoms with Crippen LogP contribution in [0.4, 0.5) is 5.69 Å². The summed E-state index contributed by atoms with van der Waals surface area (Å²) >= 11 is 0. The smallest absolute Gasteiger partial charge is 0.295 e. The second-order valence-electron chi connectivity index (χ2n) is 5.97. The zero-order chi connectivity index (χ0) is 18.3. The number of aryl methyl sites for hydroxylation is 2. The van der Waals surface area contributed by atoms with E-state index in [4.69, 9.17) is 4.42 Å². The van der Waals surface area contributed by atoms with Gasteiger partial charge in [0, 0.05) is 17.4 Å². The third kappa shape index (κ3) is 2.63. The van der Waals surface area contributed by atoms with Gasteiger partial charge in [0.2, 0.25) is 5.88 Å². The molecule has 0 saturated carbocycles. The van der Waals surface area contributed by atoms with E-state index in [-0.39, 0.29) is 11.6 Å². The summed E-state index contributed by atoms with van der Waals surface area (Å²) in [5.74, 6) is -0.0231. The van der Waals surface area contributed by atoms with Crippen LogP contribution in [0.2, 0.25) is 0 Å². The molecule has 0 unspecified atom stereocenters. The number of benzene rings is 2. The van der Waals surface area contributed by atoms with Crippen molar-refractivity contribution in [2.24, 2.45) is 10.2 Å². The van der Waals surface area contributed by atoms with E-state index in [9.17, 15) is 9.90 Å². The van der Waals surface area contributed by atoms with Gasteiger partial charge in [0.15, 0.2) is 17.2 Å². The molecule has 7 nitrogen and oxygen atoms in total. The molecule has 0 spiro atoms. The van der Waals surface area contributed by atoms with Crippen molar-refractivity contribution in [2.75, 3.05) is 0 Å². The summed E-state index contributed by atoms with van der Waals surface area (Å²) in [6.45, 7) is 3.86. The van der Waals surface area contributed by atoms with Crippen LogP contribution in [-0.2, 0) is 6.42 Å². The number of carbonyl (C=O) groups excluding carboxylic acids is 1. The number of nitrogens with zero attached hydrogens (tertiary/aromatic N) is 3. The standard InChI is InChI=1S/C19H16N4O3/c1-3-15-20-13-9-11(7-8-14(13)26-15)18(24)23-22-17-12-6-4-5-10(2)16(12)21-19(17)25/h4-9,21,25H,3H2,1-2H3. The largest absolute Gasteiger partial charge is 0.493 e. The minimum absolute atomic E-state index is 0.120. The first kappa shape index (κ1) is 16.0. The highest BCUT2D eigenvalue weighted by atomic mass is 16.3. The number of aromatic nitrogens is 2. The molecule has 130 valence electrons. The Balaban J connectivity index is 1.68. The van der Waals surface area contributed by atoms with Crippen molar-refractivity contribution < 1.29 is 14.3 Å². The molecule has 4 rings (SSSR count). The van der Waals surface area contributed by atoms with E-state index in [2.05, 4.69) is 20.2 Å². The lowest BCUT2D eigenvalue weighted by Crippen LogP contribution is -1.93. The van der Waals surface area contributed by atoms with Crippen molar-refractivity contribution in [1.29, 1.82) is 0 Å². The molecule has 0 atom stereocenters. The van der Waals surface area contributed by atoms with Crippen molar-refractivity contribution in [1.82, 2.24) is 9.97 Å². The lowest BCUT2D eigenvalue weighted by atomic mass is 10.1. The molecule has 0 radical (unpaired) electrons. The zero-order valence-corrected chi connectivity index (χ0v) is 14.3. The number of oxazole rings is 1. The normalized spacial score (nSPS) is 11.8. The number of rotatable bonds is 3. The Kier molecular flexibility index (Phi) is 3.76. The number of hydrogen-bond acceptors (Lipinski definition) is 5. The van der Waals surface area contributed by atoms with Crippen molar-refractivity contribution >= 4 is 33.6 Å². The highest BCUT2D eigenvalue weighted by Crippen LogP contribution is 2.36. The maximum Gasteiger partial charge on any atom is 0.295 e. The van der Waals surface area contributed by atoms with Crippen LogP contribution in [0.25, 0.3) is 22.0 Å². The minimum Gasteiger partial charge on any atom is -0.493 e. The summed E-state index contributed by atoms with van der Waals surface area (Å²) in [6, 6.07) is 10.5. The maximum atomic E-state index is 12.4. The van der Waals surface area contributed by atoms with Gasteiger partial charge >= 0.3 is 0 Å². The SMILES string of the molecule is CCc1nc2cc(C(=O)N=Nc3c(O)[nH]c4c(C)cccc34)ccc2o1. The lowest BCUT2D eigenvalue weighted by Gasteiger charge is -1.95. The predicted octanol–water partition coefficient (Wildman–Crippen LogP) is 4.81. The molecule has 1 amide bonds. The van der Waals surface area contributed by atoms with Crippen LogP contribution in [-0.4, -0.2) is 21.0 Å². The second-order valence-corrected chi connectivity index (χ2v) is 5.97. The molecule has 0 bridgehead atoms. The average molecular weight is 348 g/mol. The van der Waals surface area contributed by atoms with Gasteiger partial charge in [-0.3, -0.25) is 4.79 Å². The Morgan fingerprint density at radius 2 is 2.15 bits per heavy atom. The Hall–Kier alpha value is -3.48. The first-order valence-electron chi connectivity index (χ1n) is 8.22. The number of hydrogen-bond donors (Lipinski definition) is 2. The van der Waals surface area contributed by atoms with E-state index in [1.165, 1.54) is 0 Å². The molecule has 2 aromatic carbocycles. The van der Waals surface area contributed by atoms with Crippen LogP contribution in [0.1, 0.15) is 28.7 Å². The molecule has 26 heavy (non-hydrogen) atoms. The summed E-state index contributed by atoms with van der Waals surface area (Å²) in [4.78, 5) is 19.5. The lowest BCUT2D eigenvalue weighted by molar-refractivity contribution is 0.0995. The number of azo groups is 1. The molecular weight excluding hydrogens is 332 g/mol. The monoisotopic (exact) mass is 348 g/mol. The second kappa shape index (κ2) is 6.11. The van der Waals surface area contributed by atoms with E-state index in [1.54, 1.807) is 18.2 Å². The van der Waals surface area contributed by atoms with E-state index >= 15 is 0 Å². The van der Waals surface area contributed by atoms with E-state index < -0.39 is 5.91 Å². The van der Waals surface area contributed by atoms with Gasteiger partial charge in [0.05, 0.1) is 5.52 Å². The number of H-pyrrole nitrogens is 1. The number of aromatic amines is 1. The predicted molar refractivity (Wildman–Crippen MR) is 96.9 cm³/mol. The molecule has 2 heterocycles. The van der Waals surface area contributed by atoms with Gasteiger partial charge in [-0.15, -0.1) is 10.2 Å². The maximum absolute atomic E-state index is 12.4. The minimum atomic E-state index is -0.519. The highest BCUT2D eigenvalue weighted by Gasteiger charge is 2.13. The number of para-hydroxylation sites is 1. The number of nitrogens with one attached hydrogen (secondary N) is 1. The van der Waals surface area contributed by atoms with Crippen molar-refractivity contribution in [3.63, 3.8) is 0 Å². The fourth-order valence-electron chi connectivity index (χ4n) is 2.85. The van der Waals surface area contributed by atoms with Gasteiger partial charge in [-0.1, -0.05) is 25.1 Å². The topological polar surface area (TPSA) is 104 Å². The Morgan fingerprint density at radius 3 is 2.96 bits per heavy atom. The quantitative estimate of drug-likeness (QED) is 0.518. The van der Waals surface area contributed by atoms with Gasteiger partial charge in [0.1, 0.15) is 5.52 Å². The van der Waals surface area contributed by atoms with E-state index in [0.29, 0.717) is 34.4 Å². The molecule has 0 aliphatic rings. The molecule has 2 N–H and O–H groups in total. The fraction of sp³-hybridized carbons (Fsp3) is 0.158. The first-order valence-corrected chi connectivity index (χ1v) is 8.22. The Bertz CT molecular complexity index is 1170. The molecule has 4 aromatic rings. The molecule has 0 aliphatic carbocycles. The van der Waals surface area contributed by atoms with Crippen LogP contribution in [0, 0.1) is 6.92 Å². The number of carbonyl (C=O) groups is 1. The molecule has 7 heteroatoms. The van der Waals surface area contributed by atoms with Crippen LogP contribution < -0.4 is 0 Å². The van der Waals surface area contributed by atoms with Gasteiger partial charge in [-0.25, -0.2) is 4.98 Å². The summed E-state index contributed by atoms with van der Waals surface area (Å²) in [6.07, 6.45) is 0.678. The molecule has 0 fully saturated rings. The fourth-order valence-corrected chi connectivity index (χ4v) is 2.85. The van der Waals surface area contributed by atoms with Crippen molar-refractivity contribution in [3.05, 3.63) is 53.4 Å². The number of fused-ring (bicyclic) bond motifs is 2. The molecule has 2 aromatic heterocycles. The molecule has 0 saturated heterocycles. The van der Waals surface area contributed by atoms with Crippen molar-refractivity contribution in [2.45, 2.75) is 20.3 Å². The van der Waals surface area contributed by atoms with E-state index in [1.807, 2.05) is 32.0 Å². The highest BCUT2D eigenvalue weighted by molar-refractivity contribution is 5.99. The van der Waals surface area contributed by atoms with E-state index in [0.717, 1.165) is 11.1 Å². The van der Waals surface area contributed by atoms with Gasteiger partial charge in [0.25, 0.3) is 5.91 Å². The third-order valence-electron chi connectivity index (χ3n) is 4.22. The Morgan fingerprint density at radius 1 is 1.31 bits per heavy atom. The summed E-state index contributed by atoms with van der Waals surface area (Å²) in [5.41, 5.74) is 3.56. The summed E-state index contributed by atoms with van der Waals surface area (Å²) in [7, 11) is 0. The number of amides is 1. The zero-order valence-electron chi connectivity index (χ0n) is 14.3.